The molecule has 0 fully saturated rings. The van der Waals surface area contributed by atoms with E-state index in [1.807, 2.05) is 24.3 Å². The van der Waals surface area contributed by atoms with Gasteiger partial charge in [-0.2, -0.15) is 5.26 Å². The number of anilines is 1. The molecule has 5 nitrogen and oxygen atoms in total. The van der Waals surface area contributed by atoms with Gasteiger partial charge >= 0.3 is 0 Å². The number of carbonyl (C=O) groups is 1. The maximum absolute atomic E-state index is 12.3. The Balaban J connectivity index is 2.32. The van der Waals surface area contributed by atoms with Crippen LogP contribution in [0.2, 0.25) is 0 Å². The number of rotatable bonds is 5. The van der Waals surface area contributed by atoms with E-state index in [4.69, 9.17) is 9.47 Å². The highest BCUT2D eigenvalue weighted by molar-refractivity contribution is 14.1. The molecule has 7 heteroatoms. The van der Waals surface area contributed by atoms with Gasteiger partial charge in [-0.1, -0.05) is 6.07 Å². The number of nitriles is 1. The van der Waals surface area contributed by atoms with E-state index in [0.717, 1.165) is 3.57 Å². The number of carbonyl (C=O) groups excluding carboxylic acids is 1. The van der Waals surface area contributed by atoms with Crippen molar-refractivity contribution in [3.63, 3.8) is 0 Å². The molecule has 1 N–H and O–H groups in total. The normalized spacial score (nSPS) is 10.8. The van der Waals surface area contributed by atoms with Gasteiger partial charge in [0.25, 0.3) is 5.91 Å². The SMILES string of the molecule is COc1cc(/C=C(\C#N)C(=O)Nc2cccc(I)c2)cc(Br)c1OC. The molecule has 0 saturated carbocycles. The first-order chi connectivity index (χ1) is 12.0. The first kappa shape index (κ1) is 19.3. The molecule has 0 aliphatic carbocycles. The summed E-state index contributed by atoms with van der Waals surface area (Å²) < 4.78 is 12.2. The fraction of sp³-hybridized carbons (Fsp3) is 0.111. The van der Waals surface area contributed by atoms with Crippen LogP contribution in [0.25, 0.3) is 6.08 Å². The Morgan fingerprint density at radius 2 is 2.04 bits per heavy atom. The number of ether oxygens (including phenoxy) is 2. The van der Waals surface area contributed by atoms with E-state index in [-0.39, 0.29) is 5.57 Å². The fourth-order valence-corrected chi connectivity index (χ4v) is 3.27. The summed E-state index contributed by atoms with van der Waals surface area (Å²) in [5.74, 6) is 0.565. The zero-order chi connectivity index (χ0) is 18.4. The van der Waals surface area contributed by atoms with Crippen LogP contribution < -0.4 is 14.8 Å². The van der Waals surface area contributed by atoms with Crippen molar-refractivity contribution in [3.8, 4) is 17.6 Å². The minimum Gasteiger partial charge on any atom is -0.493 e. The lowest BCUT2D eigenvalue weighted by molar-refractivity contribution is -0.112. The van der Waals surface area contributed by atoms with Crippen LogP contribution >= 0.6 is 38.5 Å². The quantitative estimate of drug-likeness (QED) is 0.360. The zero-order valence-electron chi connectivity index (χ0n) is 13.5. The van der Waals surface area contributed by atoms with Crippen molar-refractivity contribution >= 4 is 56.2 Å². The molecule has 0 aliphatic rings. The molecular weight excluding hydrogens is 499 g/mol. The van der Waals surface area contributed by atoms with Gasteiger partial charge in [0.2, 0.25) is 0 Å². The first-order valence-electron chi connectivity index (χ1n) is 7.08. The number of halogens is 2. The van der Waals surface area contributed by atoms with Gasteiger partial charge in [0.15, 0.2) is 11.5 Å². The van der Waals surface area contributed by atoms with E-state index in [2.05, 4.69) is 43.8 Å². The zero-order valence-corrected chi connectivity index (χ0v) is 17.2. The number of amides is 1. The molecule has 0 saturated heterocycles. The lowest BCUT2D eigenvalue weighted by atomic mass is 10.1. The van der Waals surface area contributed by atoms with Crippen molar-refractivity contribution in [2.75, 3.05) is 19.5 Å². The van der Waals surface area contributed by atoms with Crippen LogP contribution in [-0.4, -0.2) is 20.1 Å². The minimum atomic E-state index is -0.476. The van der Waals surface area contributed by atoms with Crippen molar-refractivity contribution in [3.05, 3.63) is 55.6 Å². The number of nitrogens with zero attached hydrogens (tertiary/aromatic N) is 1. The second kappa shape index (κ2) is 8.87. The molecule has 0 atom stereocenters. The highest BCUT2D eigenvalue weighted by atomic mass is 127. The largest absolute Gasteiger partial charge is 0.493 e. The molecule has 2 aromatic carbocycles. The molecule has 0 aromatic heterocycles. The molecule has 1 amide bonds. The third kappa shape index (κ3) is 4.96. The van der Waals surface area contributed by atoms with Crippen LogP contribution in [0.15, 0.2) is 46.4 Å². The van der Waals surface area contributed by atoms with Gasteiger partial charge in [-0.05, 0) is 80.5 Å². The van der Waals surface area contributed by atoms with E-state index < -0.39 is 5.91 Å². The summed E-state index contributed by atoms with van der Waals surface area (Å²) in [4.78, 5) is 12.3. The maximum Gasteiger partial charge on any atom is 0.266 e. The van der Waals surface area contributed by atoms with Crippen molar-refractivity contribution in [1.29, 1.82) is 5.26 Å². The number of hydrogen-bond acceptors (Lipinski definition) is 4. The Kier molecular flexibility index (Phi) is 6.84. The van der Waals surface area contributed by atoms with Crippen LogP contribution in [0.4, 0.5) is 5.69 Å². The lowest BCUT2D eigenvalue weighted by Crippen LogP contribution is -2.13. The summed E-state index contributed by atoms with van der Waals surface area (Å²) >= 11 is 5.54. The summed E-state index contributed by atoms with van der Waals surface area (Å²) in [6.45, 7) is 0. The smallest absolute Gasteiger partial charge is 0.266 e. The van der Waals surface area contributed by atoms with E-state index >= 15 is 0 Å². The molecule has 128 valence electrons. The van der Waals surface area contributed by atoms with Crippen molar-refractivity contribution < 1.29 is 14.3 Å². The summed E-state index contributed by atoms with van der Waals surface area (Å²) in [5.41, 5.74) is 1.25. The van der Waals surface area contributed by atoms with Gasteiger partial charge in [0.1, 0.15) is 11.6 Å². The van der Waals surface area contributed by atoms with E-state index in [0.29, 0.717) is 27.2 Å². The average Bonchev–Trinajstić information content (AvgIpc) is 2.58. The topological polar surface area (TPSA) is 71.3 Å². The molecule has 0 heterocycles. The predicted octanol–water partition coefficient (Wildman–Crippen LogP) is 4.62. The highest BCUT2D eigenvalue weighted by Crippen LogP contribution is 2.36. The highest BCUT2D eigenvalue weighted by Gasteiger charge is 2.13. The lowest BCUT2D eigenvalue weighted by Gasteiger charge is -2.11. The number of methoxy groups -OCH3 is 2. The van der Waals surface area contributed by atoms with Crippen LogP contribution in [0.1, 0.15) is 5.56 Å². The van der Waals surface area contributed by atoms with E-state index in [1.54, 1.807) is 18.2 Å². The third-order valence-electron chi connectivity index (χ3n) is 3.21. The average molecular weight is 513 g/mol. The first-order valence-corrected chi connectivity index (χ1v) is 8.96. The van der Waals surface area contributed by atoms with E-state index in [1.165, 1.54) is 20.3 Å². The van der Waals surface area contributed by atoms with Crippen molar-refractivity contribution in [2.45, 2.75) is 0 Å². The number of hydrogen-bond donors (Lipinski definition) is 1. The van der Waals surface area contributed by atoms with Crippen LogP contribution in [0, 0.1) is 14.9 Å². The van der Waals surface area contributed by atoms with Gasteiger partial charge in [0, 0.05) is 9.26 Å². The Morgan fingerprint density at radius 1 is 1.28 bits per heavy atom. The van der Waals surface area contributed by atoms with Crippen molar-refractivity contribution in [1.82, 2.24) is 0 Å². The molecule has 2 rings (SSSR count). The summed E-state index contributed by atoms with van der Waals surface area (Å²) in [6, 6.07) is 12.7. The minimum absolute atomic E-state index is 0.0158. The Labute approximate surface area is 167 Å². The summed E-state index contributed by atoms with van der Waals surface area (Å²) in [5, 5.41) is 12.1. The second-order valence-electron chi connectivity index (χ2n) is 4.87. The number of benzene rings is 2. The second-order valence-corrected chi connectivity index (χ2v) is 6.97. The van der Waals surface area contributed by atoms with Crippen LogP contribution in [0.5, 0.6) is 11.5 Å². The monoisotopic (exact) mass is 512 g/mol. The maximum atomic E-state index is 12.3. The summed E-state index contributed by atoms with van der Waals surface area (Å²) in [6.07, 6.45) is 1.50. The van der Waals surface area contributed by atoms with Crippen LogP contribution in [-0.2, 0) is 4.79 Å². The molecule has 2 aromatic rings. The van der Waals surface area contributed by atoms with Gasteiger partial charge in [-0.15, -0.1) is 0 Å². The molecule has 0 unspecified atom stereocenters. The van der Waals surface area contributed by atoms with Gasteiger partial charge in [-0.25, -0.2) is 0 Å². The van der Waals surface area contributed by atoms with Crippen LogP contribution in [0.3, 0.4) is 0 Å². The molecule has 0 aliphatic heterocycles. The Morgan fingerprint density at radius 3 is 2.64 bits per heavy atom. The van der Waals surface area contributed by atoms with Gasteiger partial charge in [0.05, 0.1) is 18.7 Å². The molecular formula is C18H14BrIN2O3. The number of nitrogens with one attached hydrogen (secondary N) is 1. The fourth-order valence-electron chi connectivity index (χ4n) is 2.10. The molecule has 0 radical (unpaired) electrons. The van der Waals surface area contributed by atoms with Gasteiger partial charge in [-0.3, -0.25) is 4.79 Å². The Bertz CT molecular complexity index is 875. The molecule has 0 bridgehead atoms. The van der Waals surface area contributed by atoms with Crippen molar-refractivity contribution in [2.24, 2.45) is 0 Å². The Hall–Kier alpha value is -2.05. The molecule has 0 spiro atoms. The molecule has 25 heavy (non-hydrogen) atoms. The standard InChI is InChI=1S/C18H14BrIN2O3/c1-24-16-8-11(7-15(19)17(16)25-2)6-12(10-21)18(23)22-14-5-3-4-13(20)9-14/h3-9H,1-2H3,(H,22,23)/b12-6+. The third-order valence-corrected chi connectivity index (χ3v) is 4.47. The summed E-state index contributed by atoms with van der Waals surface area (Å²) in [7, 11) is 3.06. The predicted molar refractivity (Wildman–Crippen MR) is 109 cm³/mol. The van der Waals surface area contributed by atoms with Gasteiger partial charge < -0.3 is 14.8 Å². The van der Waals surface area contributed by atoms with E-state index in [9.17, 15) is 10.1 Å².